The first-order valence-electron chi connectivity index (χ1n) is 7.42. The van der Waals surface area contributed by atoms with Crippen molar-refractivity contribution in [2.24, 2.45) is 11.7 Å². The fourth-order valence-corrected chi connectivity index (χ4v) is 2.56. The topological polar surface area (TPSA) is 66.0 Å². The predicted molar refractivity (Wildman–Crippen MR) is 88.5 cm³/mol. The molecule has 1 aromatic heterocycles. The molecule has 1 aromatic carbocycles. The predicted octanol–water partition coefficient (Wildman–Crippen LogP) is 2.94. The second-order valence-electron chi connectivity index (χ2n) is 5.62. The van der Waals surface area contributed by atoms with E-state index in [1.165, 1.54) is 10.9 Å². The van der Waals surface area contributed by atoms with Crippen LogP contribution in [0, 0.1) is 18.3 Å². The van der Waals surface area contributed by atoms with Crippen LogP contribution in [0.15, 0.2) is 30.3 Å². The van der Waals surface area contributed by atoms with E-state index in [-0.39, 0.29) is 11.8 Å². The number of para-hydroxylation sites is 1. The first-order chi connectivity index (χ1) is 10.0. The van der Waals surface area contributed by atoms with E-state index in [1.807, 2.05) is 19.9 Å². The number of aromatic nitrogens is 1. The molecule has 0 aliphatic heterocycles. The van der Waals surface area contributed by atoms with Crippen LogP contribution in [-0.2, 0) is 6.54 Å². The van der Waals surface area contributed by atoms with Gasteiger partial charge in [-0.15, -0.1) is 0 Å². The molecule has 0 spiro atoms. The Morgan fingerprint density at radius 1 is 1.38 bits per heavy atom. The molecule has 0 aliphatic carbocycles. The molecule has 21 heavy (non-hydrogen) atoms. The average Bonchev–Trinajstić information content (AvgIpc) is 2.46. The van der Waals surface area contributed by atoms with Gasteiger partial charge in [0.15, 0.2) is 0 Å². The lowest BCUT2D eigenvalue weighted by Crippen LogP contribution is -2.34. The van der Waals surface area contributed by atoms with E-state index in [0.717, 1.165) is 30.8 Å². The number of hydrogen-bond acceptors (Lipinski definition) is 3. The van der Waals surface area contributed by atoms with Crippen molar-refractivity contribution in [3.05, 3.63) is 41.6 Å². The molecule has 2 aromatic rings. The molecular weight excluding hydrogens is 260 g/mol. The zero-order chi connectivity index (χ0) is 15.4. The van der Waals surface area contributed by atoms with Gasteiger partial charge >= 0.3 is 0 Å². The summed E-state index contributed by atoms with van der Waals surface area (Å²) in [5, 5.41) is 8.76. The summed E-state index contributed by atoms with van der Waals surface area (Å²) in [6, 6.07) is 10.4. The van der Waals surface area contributed by atoms with E-state index in [0.29, 0.717) is 0 Å². The maximum atomic E-state index is 7.55. The number of fused-ring (bicyclic) bond motifs is 1. The highest BCUT2D eigenvalue weighted by Gasteiger charge is 2.13. The quantitative estimate of drug-likeness (QED) is 0.633. The Morgan fingerprint density at radius 3 is 2.76 bits per heavy atom. The number of benzene rings is 1. The van der Waals surface area contributed by atoms with E-state index in [9.17, 15) is 0 Å². The summed E-state index contributed by atoms with van der Waals surface area (Å²) in [5.41, 5.74) is 8.97. The van der Waals surface area contributed by atoms with Gasteiger partial charge in [-0.3, -0.25) is 15.3 Å². The number of nitrogens with one attached hydrogen (secondary N) is 1. The van der Waals surface area contributed by atoms with Crippen molar-refractivity contribution in [2.75, 3.05) is 13.1 Å². The highest BCUT2D eigenvalue weighted by molar-refractivity contribution is 5.82. The minimum atomic E-state index is 0.0825. The van der Waals surface area contributed by atoms with Crippen LogP contribution in [0.2, 0.25) is 0 Å². The van der Waals surface area contributed by atoms with Crippen molar-refractivity contribution >= 4 is 16.7 Å². The summed E-state index contributed by atoms with van der Waals surface area (Å²) in [6.45, 7) is 8.78. The number of rotatable bonds is 6. The first kappa shape index (κ1) is 15.4. The highest BCUT2D eigenvalue weighted by atomic mass is 15.1. The SMILES string of the molecule is CCN(Cc1cc(C)nc2ccccc12)CC(C)C(=N)N. The Bertz CT molecular complexity index is 636. The molecule has 4 nitrogen and oxygen atoms in total. The third-order valence-corrected chi connectivity index (χ3v) is 3.83. The smallest absolute Gasteiger partial charge is 0.0947 e. The molecule has 1 atom stereocenters. The minimum absolute atomic E-state index is 0.0825. The van der Waals surface area contributed by atoms with Crippen molar-refractivity contribution in [3.63, 3.8) is 0 Å². The van der Waals surface area contributed by atoms with Gasteiger partial charge in [0.05, 0.1) is 11.4 Å². The maximum absolute atomic E-state index is 7.55. The van der Waals surface area contributed by atoms with Crippen LogP contribution < -0.4 is 5.73 Å². The lowest BCUT2D eigenvalue weighted by Gasteiger charge is -2.24. The van der Waals surface area contributed by atoms with E-state index in [1.54, 1.807) is 0 Å². The summed E-state index contributed by atoms with van der Waals surface area (Å²) in [6.07, 6.45) is 0. The Morgan fingerprint density at radius 2 is 2.10 bits per heavy atom. The number of hydrogen-bond donors (Lipinski definition) is 2. The molecule has 1 unspecified atom stereocenters. The zero-order valence-corrected chi connectivity index (χ0v) is 13.1. The average molecular weight is 284 g/mol. The molecule has 1 heterocycles. The monoisotopic (exact) mass is 284 g/mol. The molecule has 0 bridgehead atoms. The van der Waals surface area contributed by atoms with Gasteiger partial charge in [-0.2, -0.15) is 0 Å². The molecule has 0 saturated heterocycles. The van der Waals surface area contributed by atoms with Crippen molar-refractivity contribution in [1.29, 1.82) is 5.41 Å². The third-order valence-electron chi connectivity index (χ3n) is 3.83. The van der Waals surface area contributed by atoms with Crippen LogP contribution >= 0.6 is 0 Å². The number of pyridine rings is 1. The first-order valence-corrected chi connectivity index (χ1v) is 7.42. The van der Waals surface area contributed by atoms with Gasteiger partial charge in [0.25, 0.3) is 0 Å². The summed E-state index contributed by atoms with van der Waals surface area (Å²) < 4.78 is 0. The van der Waals surface area contributed by atoms with Crippen LogP contribution in [0.25, 0.3) is 10.9 Å². The summed E-state index contributed by atoms with van der Waals surface area (Å²) in [4.78, 5) is 6.91. The number of nitrogens with two attached hydrogens (primary N) is 1. The zero-order valence-electron chi connectivity index (χ0n) is 13.1. The standard InChI is InChI=1S/C17H24N4/c1-4-21(10-12(2)17(18)19)11-14-9-13(3)20-16-8-6-5-7-15(14)16/h5-9,12H,4,10-11H2,1-3H3,(H3,18,19). The normalized spacial score (nSPS) is 12.8. The fraction of sp³-hybridized carbons (Fsp3) is 0.412. The lowest BCUT2D eigenvalue weighted by molar-refractivity contribution is 0.264. The molecule has 0 aliphatic rings. The van der Waals surface area contributed by atoms with Crippen molar-refractivity contribution < 1.29 is 0 Å². The van der Waals surface area contributed by atoms with Crippen molar-refractivity contribution in [2.45, 2.75) is 27.3 Å². The van der Waals surface area contributed by atoms with Crippen LogP contribution in [-0.4, -0.2) is 28.8 Å². The summed E-state index contributed by atoms with van der Waals surface area (Å²) in [7, 11) is 0. The summed E-state index contributed by atoms with van der Waals surface area (Å²) in [5.74, 6) is 0.336. The van der Waals surface area contributed by atoms with E-state index >= 15 is 0 Å². The largest absolute Gasteiger partial charge is 0.387 e. The number of amidine groups is 1. The highest BCUT2D eigenvalue weighted by Crippen LogP contribution is 2.20. The van der Waals surface area contributed by atoms with Gasteiger partial charge in [-0.05, 0) is 31.2 Å². The molecule has 4 heteroatoms. The number of nitrogens with zero attached hydrogens (tertiary/aromatic N) is 2. The van der Waals surface area contributed by atoms with Crippen LogP contribution in [0.3, 0.4) is 0 Å². The van der Waals surface area contributed by atoms with Gasteiger partial charge in [-0.1, -0.05) is 32.0 Å². The Hall–Kier alpha value is -1.94. The van der Waals surface area contributed by atoms with Gasteiger partial charge in [0, 0.05) is 30.1 Å². The maximum Gasteiger partial charge on any atom is 0.0947 e. The van der Waals surface area contributed by atoms with Crippen molar-refractivity contribution in [1.82, 2.24) is 9.88 Å². The lowest BCUT2D eigenvalue weighted by atomic mass is 10.1. The number of aryl methyl sites for hydroxylation is 1. The van der Waals surface area contributed by atoms with Gasteiger partial charge < -0.3 is 5.73 Å². The minimum Gasteiger partial charge on any atom is -0.387 e. The van der Waals surface area contributed by atoms with Crippen LogP contribution in [0.4, 0.5) is 0 Å². The molecule has 0 radical (unpaired) electrons. The van der Waals surface area contributed by atoms with E-state index in [4.69, 9.17) is 11.1 Å². The van der Waals surface area contributed by atoms with Gasteiger partial charge in [-0.25, -0.2) is 0 Å². The second kappa shape index (κ2) is 6.68. The molecular formula is C17H24N4. The third kappa shape index (κ3) is 3.79. The molecule has 2 rings (SSSR count). The molecule has 0 fully saturated rings. The van der Waals surface area contributed by atoms with Crippen LogP contribution in [0.1, 0.15) is 25.1 Å². The van der Waals surface area contributed by atoms with E-state index in [2.05, 4.69) is 41.1 Å². The molecule has 3 N–H and O–H groups in total. The van der Waals surface area contributed by atoms with E-state index < -0.39 is 0 Å². The van der Waals surface area contributed by atoms with Gasteiger partial charge in [0.1, 0.15) is 0 Å². The van der Waals surface area contributed by atoms with Crippen LogP contribution in [0.5, 0.6) is 0 Å². The molecule has 112 valence electrons. The second-order valence-corrected chi connectivity index (χ2v) is 5.62. The summed E-state index contributed by atoms with van der Waals surface area (Å²) >= 11 is 0. The molecule has 0 saturated carbocycles. The fourth-order valence-electron chi connectivity index (χ4n) is 2.56. The Labute approximate surface area is 126 Å². The Kier molecular flexibility index (Phi) is 4.91. The molecule has 0 amide bonds. The van der Waals surface area contributed by atoms with Crippen molar-refractivity contribution in [3.8, 4) is 0 Å². The Balaban J connectivity index is 2.27. The van der Waals surface area contributed by atoms with Gasteiger partial charge in [0.2, 0.25) is 0 Å².